The van der Waals surface area contributed by atoms with Gasteiger partial charge in [-0.25, -0.2) is 9.78 Å². The van der Waals surface area contributed by atoms with Gasteiger partial charge in [0.15, 0.2) is 11.8 Å². The smallest absolute Gasteiger partial charge is 0.358 e. The van der Waals surface area contributed by atoms with Gasteiger partial charge in [0.25, 0.3) is 0 Å². The molecule has 0 spiro atoms. The highest BCUT2D eigenvalue weighted by molar-refractivity contribution is 5.92. The lowest BCUT2D eigenvalue weighted by molar-refractivity contribution is 0.0452. The molecule has 3 rings (SSSR count). The predicted octanol–water partition coefficient (Wildman–Crippen LogP) is 2.34. The number of fused-ring (bicyclic) bond motifs is 1. The van der Waals surface area contributed by atoms with E-state index in [4.69, 9.17) is 4.74 Å². The fourth-order valence-corrected chi connectivity index (χ4v) is 1.90. The van der Waals surface area contributed by atoms with Crippen molar-refractivity contribution in [1.82, 2.24) is 4.98 Å². The highest BCUT2D eigenvalue weighted by atomic mass is 16.5. The third kappa shape index (κ3) is 1.29. The van der Waals surface area contributed by atoms with E-state index in [9.17, 15) is 4.79 Å². The molecule has 1 aromatic heterocycles. The molecule has 0 aliphatic carbocycles. The lowest BCUT2D eigenvalue weighted by Crippen LogP contribution is -2.00. The molecule has 0 amide bonds. The largest absolute Gasteiger partial charge is 0.448 e. The highest BCUT2D eigenvalue weighted by Crippen LogP contribution is 2.34. The number of carbonyl (C=O) groups excluding carboxylic acids is 1. The van der Waals surface area contributed by atoms with Gasteiger partial charge < -0.3 is 4.74 Å². The number of nitrogens with zero attached hydrogens (tertiary/aromatic N) is 1. The fraction of sp³-hybridized carbons (Fsp3) is 0.0769. The van der Waals surface area contributed by atoms with E-state index in [1.165, 1.54) is 0 Å². The highest BCUT2D eigenvalue weighted by Gasteiger charge is 2.32. The number of hydrogen-bond acceptors (Lipinski definition) is 3. The van der Waals surface area contributed by atoms with Gasteiger partial charge in [-0.15, -0.1) is 0 Å². The quantitative estimate of drug-likeness (QED) is 0.679. The molecular weight excluding hydrogens is 202 g/mol. The first-order valence-electron chi connectivity index (χ1n) is 5.07. The molecule has 0 fully saturated rings. The Balaban J connectivity index is 2.11. The van der Waals surface area contributed by atoms with E-state index in [-0.39, 0.29) is 12.1 Å². The van der Waals surface area contributed by atoms with Crippen molar-refractivity contribution in [3.05, 3.63) is 65.5 Å². The van der Waals surface area contributed by atoms with Crippen LogP contribution in [-0.4, -0.2) is 11.0 Å². The van der Waals surface area contributed by atoms with Crippen LogP contribution in [0.2, 0.25) is 0 Å². The van der Waals surface area contributed by atoms with Crippen molar-refractivity contribution in [3.63, 3.8) is 0 Å². The summed E-state index contributed by atoms with van der Waals surface area (Å²) in [5.74, 6) is -0.343. The normalized spacial score (nSPS) is 18.0. The summed E-state index contributed by atoms with van der Waals surface area (Å²) in [5, 5.41) is 0. The maximum atomic E-state index is 11.6. The first-order valence-corrected chi connectivity index (χ1v) is 5.07. The predicted molar refractivity (Wildman–Crippen MR) is 57.9 cm³/mol. The molecule has 0 bridgehead atoms. The van der Waals surface area contributed by atoms with Gasteiger partial charge in [-0.05, 0) is 11.6 Å². The first-order chi connectivity index (χ1) is 7.86. The van der Waals surface area contributed by atoms with Gasteiger partial charge in [-0.3, -0.25) is 0 Å². The van der Waals surface area contributed by atoms with Gasteiger partial charge >= 0.3 is 5.97 Å². The van der Waals surface area contributed by atoms with E-state index in [2.05, 4.69) is 4.98 Å². The molecule has 3 nitrogen and oxygen atoms in total. The maximum Gasteiger partial charge on any atom is 0.358 e. The summed E-state index contributed by atoms with van der Waals surface area (Å²) in [6.45, 7) is 0. The van der Waals surface area contributed by atoms with E-state index >= 15 is 0 Å². The summed E-state index contributed by atoms with van der Waals surface area (Å²) < 4.78 is 5.32. The van der Waals surface area contributed by atoms with Gasteiger partial charge in [0.1, 0.15) is 0 Å². The van der Waals surface area contributed by atoms with Crippen LogP contribution in [0.3, 0.4) is 0 Å². The maximum absolute atomic E-state index is 11.6. The van der Waals surface area contributed by atoms with Crippen LogP contribution in [0.5, 0.6) is 0 Å². The number of benzene rings is 1. The monoisotopic (exact) mass is 211 g/mol. The Hall–Kier alpha value is -2.16. The van der Waals surface area contributed by atoms with Crippen LogP contribution in [0.1, 0.15) is 27.7 Å². The molecule has 1 aliphatic rings. The van der Waals surface area contributed by atoms with Crippen molar-refractivity contribution < 1.29 is 9.53 Å². The van der Waals surface area contributed by atoms with Crippen molar-refractivity contribution in [3.8, 4) is 0 Å². The molecule has 16 heavy (non-hydrogen) atoms. The van der Waals surface area contributed by atoms with Crippen LogP contribution in [0.25, 0.3) is 0 Å². The molecule has 1 unspecified atom stereocenters. The number of aromatic nitrogens is 1. The van der Waals surface area contributed by atoms with Gasteiger partial charge in [0.05, 0.1) is 0 Å². The molecule has 0 N–H and O–H groups in total. The third-order valence-electron chi connectivity index (χ3n) is 2.64. The minimum Gasteiger partial charge on any atom is -0.448 e. The average Bonchev–Trinajstić information content (AvgIpc) is 2.69. The minimum absolute atomic E-state index is 0.308. The lowest BCUT2D eigenvalue weighted by Gasteiger charge is -2.09. The van der Waals surface area contributed by atoms with E-state index in [1.54, 1.807) is 6.20 Å². The summed E-state index contributed by atoms with van der Waals surface area (Å²) in [5.41, 5.74) is 2.25. The zero-order valence-corrected chi connectivity index (χ0v) is 8.46. The number of ether oxygens (including phenoxy) is 1. The number of esters is 1. The van der Waals surface area contributed by atoms with Crippen molar-refractivity contribution in [2.75, 3.05) is 0 Å². The van der Waals surface area contributed by atoms with Gasteiger partial charge in [0, 0.05) is 11.8 Å². The summed E-state index contributed by atoms with van der Waals surface area (Å²) >= 11 is 0. The van der Waals surface area contributed by atoms with E-state index in [0.717, 1.165) is 11.1 Å². The molecule has 1 aromatic carbocycles. The summed E-state index contributed by atoms with van der Waals surface area (Å²) in [6.07, 6.45) is 1.30. The van der Waals surface area contributed by atoms with E-state index in [0.29, 0.717) is 5.69 Å². The second-order valence-electron chi connectivity index (χ2n) is 3.64. The molecule has 1 atom stereocenters. The Bertz CT molecular complexity index is 537. The minimum atomic E-state index is -0.343. The molecule has 1 aliphatic heterocycles. The zero-order chi connectivity index (χ0) is 11.0. The van der Waals surface area contributed by atoms with Crippen molar-refractivity contribution in [2.24, 2.45) is 0 Å². The summed E-state index contributed by atoms with van der Waals surface area (Å²) in [6, 6.07) is 13.4. The standard InChI is InChI=1S/C13H9NO2/c15-13-11-10(7-4-8-14-11)12(16-13)9-5-2-1-3-6-9/h1-8,12H. The van der Waals surface area contributed by atoms with E-state index < -0.39 is 0 Å². The number of hydrogen-bond donors (Lipinski definition) is 0. The molecule has 0 saturated heterocycles. The summed E-state index contributed by atoms with van der Waals surface area (Å²) in [4.78, 5) is 15.6. The number of cyclic esters (lactones) is 1. The molecular formula is C13H9NO2. The number of pyridine rings is 1. The Kier molecular flexibility index (Phi) is 1.96. The third-order valence-corrected chi connectivity index (χ3v) is 2.64. The molecule has 78 valence electrons. The van der Waals surface area contributed by atoms with Gasteiger partial charge in [-0.1, -0.05) is 36.4 Å². The molecule has 3 heteroatoms. The Morgan fingerprint density at radius 1 is 1.06 bits per heavy atom. The SMILES string of the molecule is O=C1OC(c2ccccc2)c2cccnc21. The van der Waals surface area contributed by atoms with Crippen molar-refractivity contribution in [2.45, 2.75) is 6.10 Å². The fourth-order valence-electron chi connectivity index (χ4n) is 1.90. The summed E-state index contributed by atoms with van der Waals surface area (Å²) in [7, 11) is 0. The number of carbonyl (C=O) groups is 1. The number of rotatable bonds is 1. The van der Waals surface area contributed by atoms with Gasteiger partial charge in [0.2, 0.25) is 0 Å². The van der Waals surface area contributed by atoms with Crippen LogP contribution in [-0.2, 0) is 4.74 Å². The molecule has 0 saturated carbocycles. The van der Waals surface area contributed by atoms with Crippen LogP contribution in [0, 0.1) is 0 Å². The van der Waals surface area contributed by atoms with Gasteiger partial charge in [-0.2, -0.15) is 0 Å². The van der Waals surface area contributed by atoms with Crippen LogP contribution < -0.4 is 0 Å². The second kappa shape index (κ2) is 3.45. The van der Waals surface area contributed by atoms with E-state index in [1.807, 2.05) is 42.5 Å². The topological polar surface area (TPSA) is 39.2 Å². The van der Waals surface area contributed by atoms with Crippen LogP contribution in [0.4, 0.5) is 0 Å². The van der Waals surface area contributed by atoms with Crippen molar-refractivity contribution >= 4 is 5.97 Å². The van der Waals surface area contributed by atoms with Crippen LogP contribution in [0.15, 0.2) is 48.7 Å². The Morgan fingerprint density at radius 3 is 2.69 bits per heavy atom. The zero-order valence-electron chi connectivity index (χ0n) is 8.46. The molecule has 2 aromatic rings. The average molecular weight is 211 g/mol. The second-order valence-corrected chi connectivity index (χ2v) is 3.64. The van der Waals surface area contributed by atoms with Crippen molar-refractivity contribution in [1.29, 1.82) is 0 Å². The first kappa shape index (κ1) is 9.09. The molecule has 0 radical (unpaired) electrons. The lowest BCUT2D eigenvalue weighted by atomic mass is 10.0. The molecule has 2 heterocycles. The Morgan fingerprint density at radius 2 is 1.88 bits per heavy atom. The van der Waals surface area contributed by atoms with Crippen LogP contribution >= 0.6 is 0 Å². The Labute approximate surface area is 92.7 Å².